The summed E-state index contributed by atoms with van der Waals surface area (Å²) < 4.78 is 5.21. The van der Waals surface area contributed by atoms with Crippen molar-refractivity contribution in [3.05, 3.63) is 59.2 Å². The molecule has 0 aliphatic carbocycles. The number of methoxy groups -OCH3 is 1. The third-order valence-corrected chi connectivity index (χ3v) is 5.39. The molecule has 1 N–H and O–H groups in total. The predicted octanol–water partition coefficient (Wildman–Crippen LogP) is 4.45. The highest BCUT2D eigenvalue weighted by Crippen LogP contribution is 2.51. The predicted molar refractivity (Wildman–Crippen MR) is 87.0 cm³/mol. The van der Waals surface area contributed by atoms with Crippen LogP contribution in [0.4, 0.5) is 0 Å². The van der Waals surface area contributed by atoms with E-state index in [0.717, 1.165) is 17.7 Å². The minimum atomic E-state index is -0.781. The van der Waals surface area contributed by atoms with Gasteiger partial charge in [0.2, 0.25) is 0 Å². The van der Waals surface area contributed by atoms with E-state index >= 15 is 0 Å². The van der Waals surface area contributed by atoms with Crippen LogP contribution < -0.4 is 4.74 Å². The van der Waals surface area contributed by atoms with Crippen LogP contribution in [0.15, 0.2) is 47.4 Å². The Labute approximate surface area is 130 Å². The van der Waals surface area contributed by atoms with Crippen molar-refractivity contribution in [2.45, 2.75) is 36.0 Å². The Morgan fingerprint density at radius 3 is 2.57 bits per heavy atom. The minimum absolute atomic E-state index is 0.265. The van der Waals surface area contributed by atoms with Crippen LogP contribution in [-0.2, 0) is 5.60 Å². The van der Waals surface area contributed by atoms with Gasteiger partial charge < -0.3 is 9.84 Å². The molecule has 0 spiro atoms. The zero-order valence-corrected chi connectivity index (χ0v) is 13.4. The van der Waals surface area contributed by atoms with Gasteiger partial charge in [-0.25, -0.2) is 0 Å². The van der Waals surface area contributed by atoms with Crippen molar-refractivity contribution in [3.63, 3.8) is 0 Å². The summed E-state index contributed by atoms with van der Waals surface area (Å²) in [5, 5.41) is 11.1. The number of hydrogen-bond donors (Lipinski definition) is 1. The first-order chi connectivity index (χ1) is 9.99. The van der Waals surface area contributed by atoms with Gasteiger partial charge in [0.1, 0.15) is 5.75 Å². The summed E-state index contributed by atoms with van der Waals surface area (Å²) in [6.45, 7) is 3.98. The van der Waals surface area contributed by atoms with Gasteiger partial charge in [0.05, 0.1) is 12.7 Å². The molecule has 0 amide bonds. The molecule has 0 unspecified atom stereocenters. The molecule has 0 radical (unpaired) electrons. The van der Waals surface area contributed by atoms with Crippen LogP contribution >= 0.6 is 11.8 Å². The Balaban J connectivity index is 1.95. The van der Waals surface area contributed by atoms with Gasteiger partial charge >= 0.3 is 0 Å². The molecule has 110 valence electrons. The average Bonchev–Trinajstić information content (AvgIpc) is 2.47. The number of ether oxygens (including phenoxy) is 1. The maximum absolute atomic E-state index is 10.8. The van der Waals surface area contributed by atoms with Gasteiger partial charge in [-0.2, -0.15) is 0 Å². The van der Waals surface area contributed by atoms with Crippen LogP contribution in [0.1, 0.15) is 35.3 Å². The number of aliphatic hydroxyl groups is 1. The lowest BCUT2D eigenvalue weighted by molar-refractivity contribution is 0.0421. The van der Waals surface area contributed by atoms with E-state index in [4.69, 9.17) is 4.74 Å². The molecule has 1 heterocycles. The first-order valence-corrected chi connectivity index (χ1v) is 8.02. The normalized spacial score (nSPS) is 24.5. The number of rotatable bonds is 2. The molecular weight excluding hydrogens is 280 g/mol. The van der Waals surface area contributed by atoms with E-state index in [-0.39, 0.29) is 5.25 Å². The third kappa shape index (κ3) is 2.81. The van der Waals surface area contributed by atoms with Gasteiger partial charge in [-0.1, -0.05) is 29.8 Å². The quantitative estimate of drug-likeness (QED) is 0.888. The lowest BCUT2D eigenvalue weighted by Gasteiger charge is -2.36. The van der Waals surface area contributed by atoms with Crippen molar-refractivity contribution in [3.8, 4) is 5.75 Å². The Bertz CT molecular complexity index is 647. The van der Waals surface area contributed by atoms with E-state index < -0.39 is 5.60 Å². The minimum Gasteiger partial charge on any atom is -0.497 e. The van der Waals surface area contributed by atoms with Crippen molar-refractivity contribution in [1.29, 1.82) is 0 Å². The van der Waals surface area contributed by atoms with Crippen molar-refractivity contribution in [2.75, 3.05) is 7.11 Å². The maximum atomic E-state index is 10.8. The van der Waals surface area contributed by atoms with Crippen LogP contribution in [0.3, 0.4) is 0 Å². The number of hydrogen-bond acceptors (Lipinski definition) is 3. The van der Waals surface area contributed by atoms with E-state index in [1.165, 1.54) is 16.0 Å². The number of fused-ring (bicyclic) bond motifs is 1. The summed E-state index contributed by atoms with van der Waals surface area (Å²) in [5.74, 6) is 0.863. The number of thioether (sulfide) groups is 1. The summed E-state index contributed by atoms with van der Waals surface area (Å²) >= 11 is 1.83. The molecule has 2 aromatic rings. The van der Waals surface area contributed by atoms with Crippen LogP contribution in [0.5, 0.6) is 5.75 Å². The molecule has 3 heteroatoms. The molecular formula is C18H20O2S. The average molecular weight is 300 g/mol. The smallest absolute Gasteiger partial charge is 0.118 e. The zero-order valence-electron chi connectivity index (χ0n) is 12.6. The third-order valence-electron chi connectivity index (χ3n) is 4.05. The highest BCUT2D eigenvalue weighted by atomic mass is 32.2. The van der Waals surface area contributed by atoms with Crippen LogP contribution in [0, 0.1) is 6.92 Å². The summed E-state index contributed by atoms with van der Waals surface area (Å²) in [6, 6.07) is 14.5. The summed E-state index contributed by atoms with van der Waals surface area (Å²) in [6.07, 6.45) is 0.723. The first-order valence-electron chi connectivity index (χ1n) is 7.14. The van der Waals surface area contributed by atoms with Gasteiger partial charge in [0, 0.05) is 10.1 Å². The molecule has 2 nitrogen and oxygen atoms in total. The topological polar surface area (TPSA) is 29.5 Å². The fourth-order valence-electron chi connectivity index (χ4n) is 2.84. The van der Waals surface area contributed by atoms with Gasteiger partial charge in [-0.3, -0.25) is 0 Å². The molecule has 2 atom stereocenters. The van der Waals surface area contributed by atoms with Gasteiger partial charge in [-0.05, 0) is 49.6 Å². The Kier molecular flexibility index (Phi) is 3.72. The van der Waals surface area contributed by atoms with Crippen molar-refractivity contribution < 1.29 is 9.84 Å². The largest absolute Gasteiger partial charge is 0.497 e. The molecule has 2 aromatic carbocycles. The summed E-state index contributed by atoms with van der Waals surface area (Å²) in [7, 11) is 1.67. The van der Waals surface area contributed by atoms with Crippen LogP contribution in [-0.4, -0.2) is 12.2 Å². The number of benzene rings is 2. The second-order valence-corrected chi connectivity index (χ2v) is 7.10. The monoisotopic (exact) mass is 300 g/mol. The van der Waals surface area contributed by atoms with Crippen molar-refractivity contribution in [1.82, 2.24) is 0 Å². The Morgan fingerprint density at radius 2 is 1.90 bits per heavy atom. The zero-order chi connectivity index (χ0) is 15.0. The molecule has 0 bridgehead atoms. The molecule has 0 saturated carbocycles. The Hall–Kier alpha value is -1.45. The van der Waals surface area contributed by atoms with Crippen LogP contribution in [0.2, 0.25) is 0 Å². The molecule has 0 aromatic heterocycles. The van der Waals surface area contributed by atoms with Gasteiger partial charge in [-0.15, -0.1) is 11.8 Å². The molecule has 1 aliphatic rings. The second kappa shape index (κ2) is 5.39. The Morgan fingerprint density at radius 1 is 1.19 bits per heavy atom. The second-order valence-electron chi connectivity index (χ2n) is 5.86. The van der Waals surface area contributed by atoms with E-state index in [1.807, 2.05) is 30.8 Å². The summed E-state index contributed by atoms with van der Waals surface area (Å²) in [5.41, 5.74) is 2.69. The maximum Gasteiger partial charge on any atom is 0.118 e. The number of aryl methyl sites for hydroxylation is 1. The van der Waals surface area contributed by atoms with Crippen molar-refractivity contribution >= 4 is 11.8 Å². The van der Waals surface area contributed by atoms with Gasteiger partial charge in [0.25, 0.3) is 0 Å². The molecule has 21 heavy (non-hydrogen) atoms. The SMILES string of the molecule is COc1ccc([C@H]2C[C@@](C)(O)c3cc(C)ccc3S2)cc1. The van der Waals surface area contributed by atoms with E-state index in [9.17, 15) is 5.11 Å². The van der Waals surface area contributed by atoms with Gasteiger partial charge in [0.15, 0.2) is 0 Å². The van der Waals surface area contributed by atoms with E-state index in [0.29, 0.717) is 0 Å². The summed E-state index contributed by atoms with van der Waals surface area (Å²) in [4.78, 5) is 1.18. The first kappa shape index (κ1) is 14.5. The van der Waals surface area contributed by atoms with E-state index in [2.05, 4.69) is 37.3 Å². The standard InChI is InChI=1S/C18H20O2S/c1-12-4-9-16-15(10-12)18(2,19)11-17(21-16)13-5-7-14(20-3)8-6-13/h4-10,17,19H,11H2,1-3H3/t17-,18-/m1/s1. The lowest BCUT2D eigenvalue weighted by Crippen LogP contribution is -2.27. The fraction of sp³-hybridized carbons (Fsp3) is 0.333. The molecule has 0 fully saturated rings. The van der Waals surface area contributed by atoms with Crippen LogP contribution in [0.25, 0.3) is 0 Å². The highest BCUT2D eigenvalue weighted by Gasteiger charge is 2.36. The van der Waals surface area contributed by atoms with E-state index in [1.54, 1.807) is 7.11 Å². The molecule has 0 saturated heterocycles. The lowest BCUT2D eigenvalue weighted by atomic mass is 9.87. The fourth-order valence-corrected chi connectivity index (χ4v) is 4.40. The molecule has 1 aliphatic heterocycles. The highest BCUT2D eigenvalue weighted by molar-refractivity contribution is 7.99. The molecule has 3 rings (SSSR count). The van der Waals surface area contributed by atoms with Crippen molar-refractivity contribution in [2.24, 2.45) is 0 Å².